The van der Waals surface area contributed by atoms with Crippen molar-refractivity contribution < 1.29 is 14.6 Å². The quantitative estimate of drug-likeness (QED) is 0.788. The summed E-state index contributed by atoms with van der Waals surface area (Å²) in [6.07, 6.45) is 2.69. The van der Waals surface area contributed by atoms with Crippen LogP contribution in [0.15, 0.2) is 12.3 Å². The summed E-state index contributed by atoms with van der Waals surface area (Å²) < 4.78 is 6.74. The van der Waals surface area contributed by atoms with Gasteiger partial charge in [-0.25, -0.2) is 4.79 Å². The number of aliphatic carboxylic acids is 1. The fourth-order valence-corrected chi connectivity index (χ4v) is 2.03. The van der Waals surface area contributed by atoms with Crippen molar-refractivity contribution in [3.05, 3.63) is 18.0 Å². The van der Waals surface area contributed by atoms with Crippen LogP contribution in [0.2, 0.25) is 0 Å². The van der Waals surface area contributed by atoms with E-state index in [9.17, 15) is 4.79 Å². The monoisotopic (exact) mass is 210 g/mol. The molecular formula is C10H14N2O3. The van der Waals surface area contributed by atoms with Crippen LogP contribution in [0, 0.1) is 0 Å². The molecule has 5 nitrogen and oxygen atoms in total. The number of ether oxygens (including phenoxy) is 1. The Morgan fingerprint density at radius 1 is 1.73 bits per heavy atom. The van der Waals surface area contributed by atoms with Crippen LogP contribution in [0.3, 0.4) is 0 Å². The zero-order valence-corrected chi connectivity index (χ0v) is 8.80. The number of hydrogen-bond acceptors (Lipinski definition) is 3. The van der Waals surface area contributed by atoms with Crippen LogP contribution in [0.5, 0.6) is 0 Å². The van der Waals surface area contributed by atoms with Gasteiger partial charge in [0.05, 0.1) is 11.1 Å². The van der Waals surface area contributed by atoms with E-state index in [1.807, 2.05) is 19.3 Å². The molecule has 1 unspecified atom stereocenters. The van der Waals surface area contributed by atoms with E-state index in [0.29, 0.717) is 0 Å². The third kappa shape index (κ3) is 1.52. The van der Waals surface area contributed by atoms with E-state index in [1.165, 1.54) is 7.11 Å². The minimum absolute atomic E-state index is 0.401. The zero-order valence-electron chi connectivity index (χ0n) is 8.80. The Morgan fingerprint density at radius 2 is 2.40 bits per heavy atom. The van der Waals surface area contributed by atoms with E-state index in [4.69, 9.17) is 9.84 Å². The van der Waals surface area contributed by atoms with Crippen LogP contribution in [-0.4, -0.2) is 34.1 Å². The Balaban J connectivity index is 2.30. The fraction of sp³-hybridized carbons (Fsp3) is 0.600. The second-order valence-corrected chi connectivity index (χ2v) is 3.98. The highest BCUT2D eigenvalue weighted by atomic mass is 16.5. The van der Waals surface area contributed by atoms with Gasteiger partial charge in [-0.3, -0.25) is 4.68 Å². The number of aromatic nitrogens is 2. The van der Waals surface area contributed by atoms with Gasteiger partial charge in [0.25, 0.3) is 0 Å². The highest BCUT2D eigenvalue weighted by Gasteiger charge is 2.56. The molecule has 1 aliphatic rings. The molecule has 1 aromatic rings. The number of carboxylic acids is 1. The van der Waals surface area contributed by atoms with Crippen LogP contribution < -0.4 is 0 Å². The van der Waals surface area contributed by atoms with Gasteiger partial charge in [0.1, 0.15) is 0 Å². The highest BCUT2D eigenvalue weighted by Crippen LogP contribution is 2.51. The van der Waals surface area contributed by atoms with Crippen molar-refractivity contribution in [2.75, 3.05) is 7.11 Å². The smallest absolute Gasteiger partial charge is 0.333 e. The predicted molar refractivity (Wildman–Crippen MR) is 52.6 cm³/mol. The average Bonchev–Trinajstić information content (AvgIpc) is 2.83. The molecule has 1 saturated carbocycles. The number of carbonyl (C=O) groups is 1. The Bertz CT molecular complexity index is 382. The van der Waals surface area contributed by atoms with E-state index in [1.54, 1.807) is 4.68 Å². The van der Waals surface area contributed by atoms with Crippen molar-refractivity contribution in [1.29, 1.82) is 0 Å². The summed E-state index contributed by atoms with van der Waals surface area (Å²) in [5.74, 6) is -0.916. The molecule has 1 N–H and O–H groups in total. The van der Waals surface area contributed by atoms with Crippen molar-refractivity contribution in [2.45, 2.75) is 24.4 Å². The Kier molecular flexibility index (Phi) is 2.26. The Labute approximate surface area is 87.7 Å². The first-order valence-corrected chi connectivity index (χ1v) is 4.86. The maximum Gasteiger partial charge on any atom is 0.333 e. The second kappa shape index (κ2) is 3.34. The SMILES string of the molecule is COC(C(=O)O)C1(c2ccn(C)n2)CC1. The van der Waals surface area contributed by atoms with E-state index >= 15 is 0 Å². The number of carboxylic acid groups (broad SMARTS) is 1. The highest BCUT2D eigenvalue weighted by molar-refractivity contribution is 5.75. The van der Waals surface area contributed by atoms with Gasteiger partial charge in [0, 0.05) is 20.4 Å². The van der Waals surface area contributed by atoms with Gasteiger partial charge >= 0.3 is 5.97 Å². The largest absolute Gasteiger partial charge is 0.479 e. The fourth-order valence-electron chi connectivity index (χ4n) is 2.03. The zero-order chi connectivity index (χ0) is 11.1. The summed E-state index contributed by atoms with van der Waals surface area (Å²) in [5.41, 5.74) is 0.418. The first-order valence-electron chi connectivity index (χ1n) is 4.86. The van der Waals surface area contributed by atoms with Crippen LogP contribution in [0.25, 0.3) is 0 Å². The maximum atomic E-state index is 11.0. The number of aryl methyl sites for hydroxylation is 1. The molecule has 0 saturated heterocycles. The molecular weight excluding hydrogens is 196 g/mol. The van der Waals surface area contributed by atoms with Gasteiger partial charge in [-0.2, -0.15) is 5.10 Å². The molecule has 2 rings (SSSR count). The minimum atomic E-state index is -0.916. The molecule has 0 spiro atoms. The normalized spacial score (nSPS) is 19.9. The number of rotatable bonds is 4. The molecule has 0 bridgehead atoms. The molecule has 1 heterocycles. The molecule has 0 amide bonds. The first-order chi connectivity index (χ1) is 7.10. The maximum absolute atomic E-state index is 11.0. The summed E-state index contributed by atoms with van der Waals surface area (Å²) >= 11 is 0. The summed E-state index contributed by atoms with van der Waals surface area (Å²) in [5, 5.41) is 13.3. The molecule has 0 aliphatic heterocycles. The third-order valence-electron chi connectivity index (χ3n) is 2.97. The molecule has 1 aromatic heterocycles. The Hall–Kier alpha value is -1.36. The standard InChI is InChI=1S/C10H14N2O3/c1-12-6-3-7(11-12)10(4-5-10)8(15-2)9(13)14/h3,6,8H,4-5H2,1-2H3,(H,13,14). The van der Waals surface area contributed by atoms with E-state index in [2.05, 4.69) is 5.10 Å². The number of methoxy groups -OCH3 is 1. The van der Waals surface area contributed by atoms with Crippen LogP contribution in [0.4, 0.5) is 0 Å². The van der Waals surface area contributed by atoms with Gasteiger partial charge in [-0.1, -0.05) is 0 Å². The van der Waals surface area contributed by atoms with Gasteiger partial charge in [0.2, 0.25) is 0 Å². The predicted octanol–water partition coefficient (Wildman–Crippen LogP) is 0.551. The van der Waals surface area contributed by atoms with Gasteiger partial charge in [0.15, 0.2) is 6.10 Å². The summed E-state index contributed by atoms with van der Waals surface area (Å²) in [6.45, 7) is 0. The molecule has 0 radical (unpaired) electrons. The molecule has 1 atom stereocenters. The Morgan fingerprint density at radius 3 is 2.73 bits per heavy atom. The lowest BCUT2D eigenvalue weighted by atomic mass is 9.95. The molecule has 0 aromatic carbocycles. The molecule has 1 fully saturated rings. The van der Waals surface area contributed by atoms with Crippen LogP contribution in [-0.2, 0) is 22.0 Å². The lowest BCUT2D eigenvalue weighted by Crippen LogP contribution is -2.36. The second-order valence-electron chi connectivity index (χ2n) is 3.98. The van der Waals surface area contributed by atoms with Gasteiger partial charge in [-0.05, 0) is 18.9 Å². The summed E-state index contributed by atoms with van der Waals surface area (Å²) in [7, 11) is 3.25. The first kappa shape index (κ1) is 10.2. The lowest BCUT2D eigenvalue weighted by Gasteiger charge is -2.19. The van der Waals surface area contributed by atoms with Crippen molar-refractivity contribution >= 4 is 5.97 Å². The molecule has 5 heteroatoms. The minimum Gasteiger partial charge on any atom is -0.479 e. The molecule has 82 valence electrons. The summed E-state index contributed by atoms with van der Waals surface area (Å²) in [4.78, 5) is 11.0. The third-order valence-corrected chi connectivity index (χ3v) is 2.97. The lowest BCUT2D eigenvalue weighted by molar-refractivity contribution is -0.150. The average molecular weight is 210 g/mol. The van der Waals surface area contributed by atoms with Crippen molar-refractivity contribution in [1.82, 2.24) is 9.78 Å². The van der Waals surface area contributed by atoms with Crippen molar-refractivity contribution in [3.8, 4) is 0 Å². The van der Waals surface area contributed by atoms with Crippen molar-refractivity contribution in [2.24, 2.45) is 7.05 Å². The topological polar surface area (TPSA) is 64.3 Å². The summed E-state index contributed by atoms with van der Waals surface area (Å²) in [6, 6.07) is 1.86. The van der Waals surface area contributed by atoms with E-state index in [-0.39, 0.29) is 0 Å². The van der Waals surface area contributed by atoms with Gasteiger partial charge < -0.3 is 9.84 Å². The molecule has 1 aliphatic carbocycles. The van der Waals surface area contributed by atoms with Crippen molar-refractivity contribution in [3.63, 3.8) is 0 Å². The molecule has 15 heavy (non-hydrogen) atoms. The van der Waals surface area contributed by atoms with E-state index in [0.717, 1.165) is 18.5 Å². The number of hydrogen-bond donors (Lipinski definition) is 1. The van der Waals surface area contributed by atoms with E-state index < -0.39 is 17.5 Å². The van der Waals surface area contributed by atoms with Crippen LogP contribution in [0.1, 0.15) is 18.5 Å². The van der Waals surface area contributed by atoms with Gasteiger partial charge in [-0.15, -0.1) is 0 Å². The number of nitrogens with zero attached hydrogens (tertiary/aromatic N) is 2. The van der Waals surface area contributed by atoms with Crippen LogP contribution >= 0.6 is 0 Å².